The van der Waals surface area contributed by atoms with E-state index >= 15 is 0 Å². The molecule has 1 N–H and O–H groups in total. The molecule has 0 aromatic heterocycles. The molecule has 23 heavy (non-hydrogen) atoms. The number of fused-ring (bicyclic) bond motifs is 1. The molecule has 0 spiro atoms. The third kappa shape index (κ3) is 3.33. The highest BCUT2D eigenvalue weighted by atomic mass is 32.2. The van der Waals surface area contributed by atoms with E-state index in [2.05, 4.69) is 16.5 Å². The topological polar surface area (TPSA) is 58.6 Å². The molecule has 1 aromatic carbocycles. The van der Waals surface area contributed by atoms with Crippen LogP contribution in [0, 0.1) is 12.8 Å². The van der Waals surface area contributed by atoms with Gasteiger partial charge in [0.1, 0.15) is 12.4 Å². The number of anilines is 1. The van der Waals surface area contributed by atoms with Crippen LogP contribution in [0.1, 0.15) is 38.2 Å². The lowest BCUT2D eigenvalue weighted by Gasteiger charge is -2.31. The fourth-order valence-corrected chi connectivity index (χ4v) is 5.15. The number of nitrogens with zero attached hydrogens (tertiary/aromatic N) is 1. The summed E-state index contributed by atoms with van der Waals surface area (Å²) in [6, 6.07) is 3.62. The van der Waals surface area contributed by atoms with Crippen LogP contribution in [0.15, 0.2) is 17.0 Å². The summed E-state index contributed by atoms with van der Waals surface area (Å²) in [5, 5.41) is 0. The molecule has 1 saturated carbocycles. The molecule has 0 bridgehead atoms. The second-order valence-electron chi connectivity index (χ2n) is 6.84. The summed E-state index contributed by atoms with van der Waals surface area (Å²) in [4.78, 5) is 2.43. The van der Waals surface area contributed by atoms with Crippen molar-refractivity contribution in [2.24, 2.45) is 5.92 Å². The van der Waals surface area contributed by atoms with Crippen molar-refractivity contribution in [2.45, 2.75) is 50.5 Å². The molecule has 5 nitrogen and oxygen atoms in total. The Hall–Kier alpha value is -1.27. The number of hydrogen-bond donors (Lipinski definition) is 1. The van der Waals surface area contributed by atoms with Gasteiger partial charge in [-0.1, -0.05) is 19.8 Å². The molecule has 128 valence electrons. The number of sulfonamides is 1. The zero-order valence-corrected chi connectivity index (χ0v) is 14.9. The quantitative estimate of drug-likeness (QED) is 0.920. The Morgan fingerprint density at radius 2 is 2.00 bits per heavy atom. The number of nitrogens with one attached hydrogen (secondary N) is 1. The lowest BCUT2D eigenvalue weighted by atomic mass is 9.87. The van der Waals surface area contributed by atoms with Gasteiger partial charge in [-0.25, -0.2) is 13.1 Å². The van der Waals surface area contributed by atoms with Gasteiger partial charge in [-0.2, -0.15) is 0 Å². The number of rotatable bonds is 3. The SMILES string of the molecule is Cc1cc2c(cc1S(=O)(=O)N[C@@H]1CCCC[C@@H]1C)OCCN2C. The van der Waals surface area contributed by atoms with Gasteiger partial charge in [-0.15, -0.1) is 0 Å². The molecule has 1 aliphatic heterocycles. The molecule has 3 rings (SSSR count). The van der Waals surface area contributed by atoms with Crippen LogP contribution in [-0.2, 0) is 10.0 Å². The smallest absolute Gasteiger partial charge is 0.241 e. The van der Waals surface area contributed by atoms with Gasteiger partial charge >= 0.3 is 0 Å². The summed E-state index contributed by atoms with van der Waals surface area (Å²) in [5.41, 5.74) is 1.72. The molecule has 0 radical (unpaired) electrons. The maximum absolute atomic E-state index is 12.9. The molecule has 2 aliphatic rings. The molecular weight excluding hydrogens is 312 g/mol. The van der Waals surface area contributed by atoms with E-state index in [4.69, 9.17) is 4.74 Å². The summed E-state index contributed by atoms with van der Waals surface area (Å²) in [5.74, 6) is 1.04. The first-order valence-corrected chi connectivity index (χ1v) is 9.88. The normalized spacial score (nSPS) is 24.9. The summed E-state index contributed by atoms with van der Waals surface area (Å²) < 4.78 is 34.3. The van der Waals surface area contributed by atoms with E-state index in [0.717, 1.165) is 37.1 Å². The maximum atomic E-state index is 12.9. The summed E-state index contributed by atoms with van der Waals surface area (Å²) >= 11 is 0. The van der Waals surface area contributed by atoms with Gasteiger partial charge in [-0.3, -0.25) is 0 Å². The van der Waals surface area contributed by atoms with Gasteiger partial charge in [-0.05, 0) is 37.3 Å². The van der Waals surface area contributed by atoms with E-state index in [0.29, 0.717) is 23.2 Å². The molecule has 1 aliphatic carbocycles. The zero-order valence-electron chi connectivity index (χ0n) is 14.1. The van der Waals surface area contributed by atoms with E-state index in [-0.39, 0.29) is 6.04 Å². The van der Waals surface area contributed by atoms with E-state index < -0.39 is 10.0 Å². The van der Waals surface area contributed by atoms with Gasteiger partial charge in [0.2, 0.25) is 10.0 Å². The van der Waals surface area contributed by atoms with Crippen molar-refractivity contribution in [3.8, 4) is 5.75 Å². The van der Waals surface area contributed by atoms with Crippen molar-refractivity contribution in [3.63, 3.8) is 0 Å². The van der Waals surface area contributed by atoms with Crippen LogP contribution in [0.4, 0.5) is 5.69 Å². The van der Waals surface area contributed by atoms with E-state index in [1.54, 1.807) is 6.07 Å². The third-order valence-electron chi connectivity index (χ3n) is 5.06. The van der Waals surface area contributed by atoms with Gasteiger partial charge in [0.15, 0.2) is 0 Å². The maximum Gasteiger partial charge on any atom is 0.241 e. The Morgan fingerprint density at radius 1 is 1.26 bits per heavy atom. The Kier molecular flexibility index (Phi) is 4.56. The predicted octanol–water partition coefficient (Wildman–Crippen LogP) is 2.68. The van der Waals surface area contributed by atoms with Crippen LogP contribution < -0.4 is 14.4 Å². The third-order valence-corrected chi connectivity index (χ3v) is 6.69. The largest absolute Gasteiger partial charge is 0.490 e. The first-order valence-electron chi connectivity index (χ1n) is 8.39. The Bertz CT molecular complexity index is 687. The first kappa shape index (κ1) is 16.6. The fraction of sp³-hybridized carbons (Fsp3) is 0.647. The van der Waals surface area contributed by atoms with Crippen molar-refractivity contribution in [1.82, 2.24) is 4.72 Å². The highest BCUT2D eigenvalue weighted by molar-refractivity contribution is 7.89. The van der Waals surface area contributed by atoms with E-state index in [1.165, 1.54) is 6.42 Å². The van der Waals surface area contributed by atoms with Gasteiger partial charge in [0.25, 0.3) is 0 Å². The van der Waals surface area contributed by atoms with E-state index in [1.807, 2.05) is 20.0 Å². The monoisotopic (exact) mass is 338 g/mol. The number of hydrogen-bond acceptors (Lipinski definition) is 4. The van der Waals surface area contributed by atoms with Crippen molar-refractivity contribution < 1.29 is 13.2 Å². The van der Waals surface area contributed by atoms with E-state index in [9.17, 15) is 8.42 Å². The van der Waals surface area contributed by atoms with Crippen LogP contribution >= 0.6 is 0 Å². The molecule has 1 heterocycles. The van der Waals surface area contributed by atoms with Crippen molar-refractivity contribution >= 4 is 15.7 Å². The fourth-order valence-electron chi connectivity index (χ4n) is 3.52. The summed E-state index contributed by atoms with van der Waals surface area (Å²) in [6.45, 7) is 5.38. The molecule has 6 heteroatoms. The molecule has 1 aromatic rings. The first-order chi connectivity index (χ1) is 10.9. The highest BCUT2D eigenvalue weighted by Gasteiger charge is 2.29. The van der Waals surface area contributed by atoms with Gasteiger partial charge in [0, 0.05) is 19.2 Å². The number of aryl methyl sites for hydroxylation is 1. The Balaban J connectivity index is 1.90. The Morgan fingerprint density at radius 3 is 2.74 bits per heavy atom. The van der Waals surface area contributed by atoms with Gasteiger partial charge in [0.05, 0.1) is 17.1 Å². The zero-order chi connectivity index (χ0) is 16.6. The number of likely N-dealkylation sites (N-methyl/N-ethyl adjacent to an activating group) is 1. The minimum atomic E-state index is -3.52. The van der Waals surface area contributed by atoms with Gasteiger partial charge < -0.3 is 9.64 Å². The van der Waals surface area contributed by atoms with Crippen LogP contribution in [-0.4, -0.2) is 34.7 Å². The lowest BCUT2D eigenvalue weighted by Crippen LogP contribution is -2.41. The van der Waals surface area contributed by atoms with Crippen molar-refractivity contribution in [1.29, 1.82) is 0 Å². The van der Waals surface area contributed by atoms with Crippen molar-refractivity contribution in [2.75, 3.05) is 25.1 Å². The van der Waals surface area contributed by atoms with Crippen LogP contribution in [0.5, 0.6) is 5.75 Å². The number of ether oxygens (including phenoxy) is 1. The molecule has 0 saturated heterocycles. The molecule has 0 unspecified atom stereocenters. The predicted molar refractivity (Wildman–Crippen MR) is 91.7 cm³/mol. The molecule has 2 atom stereocenters. The van der Waals surface area contributed by atoms with Crippen LogP contribution in [0.25, 0.3) is 0 Å². The molecule has 0 amide bonds. The van der Waals surface area contributed by atoms with Crippen LogP contribution in [0.3, 0.4) is 0 Å². The number of benzene rings is 1. The van der Waals surface area contributed by atoms with Crippen molar-refractivity contribution in [3.05, 3.63) is 17.7 Å². The highest BCUT2D eigenvalue weighted by Crippen LogP contribution is 2.35. The second kappa shape index (κ2) is 6.32. The standard InChI is InChI=1S/C17H26N2O3S/c1-12-6-4-5-7-14(12)18-23(20,21)17-11-16-15(10-13(17)2)19(3)8-9-22-16/h10-12,14,18H,4-9H2,1-3H3/t12-,14+/m0/s1. The Labute approximate surface area is 139 Å². The summed E-state index contributed by atoms with van der Waals surface area (Å²) in [7, 11) is -1.53. The lowest BCUT2D eigenvalue weighted by molar-refractivity contribution is 0.308. The minimum absolute atomic E-state index is 0.0350. The minimum Gasteiger partial charge on any atom is -0.490 e. The average molecular weight is 338 g/mol. The second-order valence-corrected chi connectivity index (χ2v) is 8.53. The average Bonchev–Trinajstić information content (AvgIpc) is 2.50. The molecular formula is C17H26N2O3S. The molecule has 1 fully saturated rings. The van der Waals surface area contributed by atoms with Crippen LogP contribution in [0.2, 0.25) is 0 Å². The summed E-state index contributed by atoms with van der Waals surface area (Å²) in [6.07, 6.45) is 4.29.